The highest BCUT2D eigenvalue weighted by molar-refractivity contribution is 5.98. The number of epoxide rings is 1. The number of carbonyl (C=O) groups excluding carboxylic acids is 9. The standard InChI is InChI=1S/C61H89N7O15/c1-37(2)50(67-46(69)17-11-10-14-27-62)53(74)66-42(16-15-28-64-56(63)77)52(73)65-41-22-20-40(21-23-41)33-79-49(72)32-57(5,6)34-58(7,8)55(76)68-51-39(4)25-29-78-47(70)18-12-13-19-48(71)83-43-31-45-61(36-81-61)59(43,9)60(35-80-54(51)75)26-24-38(3)30-44(60)82-45/h12-13,18-23,30,37,39,42-45,50-51H,10-11,14-17,24-29,31-36,62H2,1-9H3,(H,65,73)(H,66,74)(H,67,69)(H,68,76)(H3,63,64,77)/b18-12+,19-13-/t39-,42+,43?,44-,45?,50?,51?,59?,60-,61+/m1/s1. The molecule has 83 heavy (non-hydrogen) atoms. The van der Waals surface area contributed by atoms with Crippen LogP contribution < -0.4 is 38.1 Å². The number of unbranched alkanes of at least 4 members (excludes halogenated alkanes) is 2. The highest BCUT2D eigenvalue weighted by atomic mass is 16.6. The molecule has 458 valence electrons. The lowest BCUT2D eigenvalue weighted by molar-refractivity contribution is -0.233. The van der Waals surface area contributed by atoms with E-state index < -0.39 is 111 Å². The van der Waals surface area contributed by atoms with Crippen LogP contribution in [0.15, 0.2) is 60.2 Å². The molecule has 3 heterocycles. The predicted molar refractivity (Wildman–Crippen MR) is 306 cm³/mol. The van der Waals surface area contributed by atoms with E-state index in [1.54, 1.807) is 58.9 Å². The number of hydrogen-bond acceptors (Lipinski definition) is 16. The van der Waals surface area contributed by atoms with Gasteiger partial charge in [-0.1, -0.05) is 97.7 Å². The third-order valence-electron chi connectivity index (χ3n) is 17.2. The zero-order chi connectivity index (χ0) is 60.9. The van der Waals surface area contributed by atoms with Crippen molar-refractivity contribution in [2.24, 2.45) is 45.0 Å². The first kappa shape index (κ1) is 65.5. The number of ether oxygens (including phenoxy) is 6. The van der Waals surface area contributed by atoms with Crippen LogP contribution in [0, 0.1) is 33.5 Å². The Bertz CT molecular complexity index is 2630. The van der Waals surface area contributed by atoms with Gasteiger partial charge in [0.1, 0.15) is 43.0 Å². The van der Waals surface area contributed by atoms with E-state index in [0.29, 0.717) is 56.5 Å². The highest BCUT2D eigenvalue weighted by Gasteiger charge is 2.83. The summed E-state index contributed by atoms with van der Waals surface area (Å²) in [4.78, 5) is 120. The van der Waals surface area contributed by atoms with Gasteiger partial charge in [-0.3, -0.25) is 24.0 Å². The Morgan fingerprint density at radius 1 is 0.880 bits per heavy atom. The van der Waals surface area contributed by atoms with E-state index >= 15 is 0 Å². The molecule has 1 saturated carbocycles. The van der Waals surface area contributed by atoms with Gasteiger partial charge in [0.05, 0.1) is 37.3 Å². The second-order valence-electron chi connectivity index (χ2n) is 25.1. The number of nitrogens with one attached hydrogen (secondary N) is 5. The molecule has 2 bridgehead atoms. The van der Waals surface area contributed by atoms with Crippen molar-refractivity contribution in [2.45, 2.75) is 188 Å². The van der Waals surface area contributed by atoms with Crippen molar-refractivity contribution >= 4 is 59.2 Å². The highest BCUT2D eigenvalue weighted by Crippen LogP contribution is 2.72. The summed E-state index contributed by atoms with van der Waals surface area (Å²) in [7, 11) is 0. The van der Waals surface area contributed by atoms with Gasteiger partial charge in [-0.05, 0) is 99.8 Å². The van der Waals surface area contributed by atoms with Gasteiger partial charge in [0.2, 0.25) is 23.6 Å². The first-order valence-electron chi connectivity index (χ1n) is 29.2. The van der Waals surface area contributed by atoms with Crippen LogP contribution in [0.25, 0.3) is 0 Å². The van der Waals surface area contributed by atoms with E-state index in [-0.39, 0.29) is 76.4 Å². The largest absolute Gasteiger partial charge is 0.463 e. The van der Waals surface area contributed by atoms with Gasteiger partial charge in [0, 0.05) is 48.1 Å². The molecule has 0 radical (unpaired) electrons. The average Bonchev–Trinajstić information content (AvgIpc) is 1.51. The number of urea groups is 1. The van der Waals surface area contributed by atoms with Gasteiger partial charge in [-0.15, -0.1) is 0 Å². The number of esters is 4. The monoisotopic (exact) mass is 1160 g/mol. The van der Waals surface area contributed by atoms with E-state index in [1.165, 1.54) is 24.3 Å². The summed E-state index contributed by atoms with van der Waals surface area (Å²) in [5.74, 6) is -5.17. The normalized spacial score (nSPS) is 27.8. The molecule has 6 rings (SSSR count). The lowest BCUT2D eigenvalue weighted by atomic mass is 9.51. The second-order valence-corrected chi connectivity index (χ2v) is 25.1. The fraction of sp³-hybridized carbons (Fsp3) is 0.656. The molecule has 1 aromatic carbocycles. The molecular weight excluding hydrogens is 1070 g/mol. The van der Waals surface area contributed by atoms with Crippen molar-refractivity contribution < 1.29 is 71.6 Å². The van der Waals surface area contributed by atoms with Crippen LogP contribution in [0.3, 0.4) is 0 Å². The topological polar surface area (TPSA) is 324 Å². The molecule has 9 N–H and O–H groups in total. The van der Waals surface area contributed by atoms with Crippen molar-refractivity contribution in [1.29, 1.82) is 0 Å². The van der Waals surface area contributed by atoms with Gasteiger partial charge in [-0.25, -0.2) is 19.2 Å². The van der Waals surface area contributed by atoms with Gasteiger partial charge >= 0.3 is 29.9 Å². The molecule has 6 amide bonds. The SMILES string of the molecule is CC1=C[C@H]2OC3CC4OC(=O)/C=C\C=C\C(=O)OCC[C@@H](C)C(NC(=O)C(C)(C)CC(C)(C)CC(=O)OCc5ccc(NC(=O)[C@H](CCCNC(N)=O)NC(=O)C(NC(=O)CCCCCN)C(C)C)cc5)C(=O)OC[C@@]2(CC1)C4(C)[C@]31CO1. The molecule has 5 unspecified atom stereocenters. The summed E-state index contributed by atoms with van der Waals surface area (Å²) in [5.41, 5.74) is 8.54. The Morgan fingerprint density at radius 2 is 1.58 bits per heavy atom. The molecule has 10 atom stereocenters. The minimum Gasteiger partial charge on any atom is -0.463 e. The first-order chi connectivity index (χ1) is 39.2. The molecule has 5 aliphatic rings. The average molecular weight is 1160 g/mol. The number of rotatable bonds is 23. The van der Waals surface area contributed by atoms with E-state index in [1.807, 2.05) is 27.7 Å². The zero-order valence-electron chi connectivity index (χ0n) is 49.8. The summed E-state index contributed by atoms with van der Waals surface area (Å²) in [6, 6.07) is 2.75. The number of primary amides is 1. The summed E-state index contributed by atoms with van der Waals surface area (Å²) in [6.45, 7) is 17.4. The lowest BCUT2D eigenvalue weighted by Crippen LogP contribution is -2.67. The van der Waals surface area contributed by atoms with Crippen LogP contribution in [0.2, 0.25) is 0 Å². The molecule has 3 aliphatic heterocycles. The van der Waals surface area contributed by atoms with Crippen LogP contribution >= 0.6 is 0 Å². The van der Waals surface area contributed by atoms with Gasteiger partial charge in [-0.2, -0.15) is 0 Å². The lowest BCUT2D eigenvalue weighted by Gasteiger charge is -2.58. The van der Waals surface area contributed by atoms with Crippen LogP contribution in [-0.4, -0.2) is 128 Å². The Kier molecular flexibility index (Phi) is 22.3. The maximum Gasteiger partial charge on any atom is 0.331 e. The maximum atomic E-state index is 14.6. The number of anilines is 1. The van der Waals surface area contributed by atoms with E-state index in [0.717, 1.165) is 18.4 Å². The molecule has 0 aromatic heterocycles. The Hall–Kier alpha value is -6.65. The number of nitrogens with two attached hydrogens (primary N) is 2. The van der Waals surface area contributed by atoms with Crippen LogP contribution in [0.5, 0.6) is 0 Å². The van der Waals surface area contributed by atoms with Gasteiger partial charge < -0.3 is 66.5 Å². The number of hydrogen-bond donors (Lipinski definition) is 7. The Labute approximate surface area is 487 Å². The van der Waals surface area contributed by atoms with Crippen LogP contribution in [0.4, 0.5) is 10.5 Å². The van der Waals surface area contributed by atoms with Crippen molar-refractivity contribution in [3.63, 3.8) is 0 Å². The number of benzene rings is 1. The van der Waals surface area contributed by atoms with Gasteiger partial charge in [0.25, 0.3) is 0 Å². The first-order valence-corrected chi connectivity index (χ1v) is 29.2. The zero-order valence-corrected chi connectivity index (χ0v) is 49.8. The number of allylic oxidation sites excluding steroid dienone is 3. The number of cyclic esters (lactones) is 2. The van der Waals surface area contributed by atoms with Crippen molar-refractivity contribution in [3.05, 3.63) is 65.8 Å². The van der Waals surface area contributed by atoms with Crippen molar-refractivity contribution in [2.75, 3.05) is 38.2 Å². The summed E-state index contributed by atoms with van der Waals surface area (Å²) < 4.78 is 36.7. The molecule has 1 aromatic rings. The Morgan fingerprint density at radius 3 is 2.24 bits per heavy atom. The Balaban J connectivity index is 1.07. The van der Waals surface area contributed by atoms with Gasteiger partial charge in [0.15, 0.2) is 0 Å². The molecule has 22 heteroatoms. The summed E-state index contributed by atoms with van der Waals surface area (Å²) >= 11 is 0. The predicted octanol–water partition coefficient (Wildman–Crippen LogP) is 5.40. The molecule has 3 fully saturated rings. The second kappa shape index (κ2) is 28.3. The van der Waals surface area contributed by atoms with Crippen molar-refractivity contribution in [3.8, 4) is 0 Å². The smallest absolute Gasteiger partial charge is 0.331 e. The maximum absolute atomic E-state index is 14.6. The summed E-state index contributed by atoms with van der Waals surface area (Å²) in [5, 5.41) is 13.8. The van der Waals surface area contributed by atoms with Crippen LogP contribution in [0.1, 0.15) is 145 Å². The van der Waals surface area contributed by atoms with E-state index in [4.69, 9.17) is 39.9 Å². The summed E-state index contributed by atoms with van der Waals surface area (Å²) in [6.07, 6.45) is 10.6. The number of amides is 6. The van der Waals surface area contributed by atoms with E-state index in [9.17, 15) is 43.2 Å². The fourth-order valence-corrected chi connectivity index (χ4v) is 12.5. The fourth-order valence-electron chi connectivity index (χ4n) is 12.5. The molecule has 2 aliphatic carbocycles. The number of carbonyl (C=O) groups is 9. The molecule has 2 spiro atoms. The molecular formula is C61H89N7O15. The van der Waals surface area contributed by atoms with E-state index in [2.05, 4.69) is 32.7 Å². The quantitative estimate of drug-likeness (QED) is 0.0237. The van der Waals surface area contributed by atoms with Crippen LogP contribution in [-0.2, 0) is 73.4 Å². The third kappa shape index (κ3) is 16.6. The third-order valence-corrected chi connectivity index (χ3v) is 17.2. The minimum absolute atomic E-state index is 0.0616. The molecule has 2 saturated heterocycles. The minimum atomic E-state index is -1.18. The molecule has 22 nitrogen and oxygen atoms in total. The van der Waals surface area contributed by atoms with Crippen molar-refractivity contribution in [1.82, 2.24) is 21.3 Å².